The van der Waals surface area contributed by atoms with Crippen LogP contribution in [0.15, 0.2) is 77.7 Å². The molecule has 1 amide bonds. The van der Waals surface area contributed by atoms with Gasteiger partial charge in [-0.1, -0.05) is 36.4 Å². The average Bonchev–Trinajstić information content (AvgIpc) is 2.77. The lowest BCUT2D eigenvalue weighted by atomic mass is 10.1. The molecular weight excluding hydrogens is 422 g/mol. The first kappa shape index (κ1) is 23.5. The summed E-state index contributed by atoms with van der Waals surface area (Å²) in [6, 6.07) is 21.3. The van der Waals surface area contributed by atoms with E-state index in [-0.39, 0.29) is 16.8 Å². The molecule has 0 saturated carbocycles. The lowest BCUT2D eigenvalue weighted by Crippen LogP contribution is -2.34. The Morgan fingerprint density at radius 3 is 2.16 bits per heavy atom. The molecule has 3 aromatic carbocycles. The van der Waals surface area contributed by atoms with Gasteiger partial charge in [0.15, 0.2) is 0 Å². The zero-order chi connectivity index (χ0) is 23.3. The Balaban J connectivity index is 1.67. The molecule has 0 aliphatic heterocycles. The number of likely N-dealkylation sites (N-methyl/N-ethyl adjacent to an activating group) is 1. The van der Waals surface area contributed by atoms with Crippen LogP contribution in [-0.2, 0) is 10.0 Å². The van der Waals surface area contributed by atoms with Crippen molar-refractivity contribution in [1.82, 2.24) is 10.2 Å². The van der Waals surface area contributed by atoms with Crippen LogP contribution in [0, 0.1) is 13.8 Å². The van der Waals surface area contributed by atoms with Gasteiger partial charge in [0.05, 0.1) is 10.9 Å². The fourth-order valence-electron chi connectivity index (χ4n) is 3.37. The normalized spacial score (nSPS) is 12.4. The second-order valence-electron chi connectivity index (χ2n) is 8.03. The molecule has 3 aromatic rings. The van der Waals surface area contributed by atoms with Crippen LogP contribution in [0.1, 0.15) is 33.1 Å². The van der Waals surface area contributed by atoms with Crippen LogP contribution in [0.2, 0.25) is 0 Å². The monoisotopic (exact) mass is 451 g/mol. The number of sulfonamides is 1. The van der Waals surface area contributed by atoms with Gasteiger partial charge in [-0.25, -0.2) is 8.42 Å². The number of amides is 1. The molecular formula is C25H29N3O3S. The van der Waals surface area contributed by atoms with Crippen LogP contribution < -0.4 is 10.0 Å². The quantitative estimate of drug-likeness (QED) is 0.540. The Hall–Kier alpha value is -3.16. The van der Waals surface area contributed by atoms with E-state index in [9.17, 15) is 13.2 Å². The van der Waals surface area contributed by atoms with Crippen LogP contribution in [0.3, 0.4) is 0 Å². The number of rotatable bonds is 8. The first-order chi connectivity index (χ1) is 15.2. The first-order valence-electron chi connectivity index (χ1n) is 10.4. The maximum Gasteiger partial charge on any atom is 0.261 e. The van der Waals surface area contributed by atoms with Crippen molar-refractivity contribution in [3.8, 4) is 0 Å². The van der Waals surface area contributed by atoms with Gasteiger partial charge in [0.25, 0.3) is 15.9 Å². The van der Waals surface area contributed by atoms with E-state index in [1.54, 1.807) is 12.1 Å². The molecule has 6 nitrogen and oxygen atoms in total. The lowest BCUT2D eigenvalue weighted by Gasteiger charge is -2.25. The van der Waals surface area contributed by atoms with Crippen LogP contribution in [0.5, 0.6) is 0 Å². The second kappa shape index (κ2) is 9.97. The van der Waals surface area contributed by atoms with E-state index < -0.39 is 10.0 Å². The number of hydrogen-bond donors (Lipinski definition) is 2. The van der Waals surface area contributed by atoms with Gasteiger partial charge in [-0.2, -0.15) is 0 Å². The Morgan fingerprint density at radius 1 is 0.906 bits per heavy atom. The fraction of sp³-hybridized carbons (Fsp3) is 0.240. The van der Waals surface area contributed by atoms with Gasteiger partial charge in [-0.3, -0.25) is 9.52 Å². The van der Waals surface area contributed by atoms with E-state index in [4.69, 9.17) is 0 Å². The molecule has 1 atom stereocenters. The van der Waals surface area contributed by atoms with Crippen molar-refractivity contribution in [2.45, 2.75) is 24.8 Å². The minimum atomic E-state index is -3.75. The standard InChI is InChI=1S/C25H29N3O3S/c1-18-10-13-22(16-19(18)2)27-32(30,31)23-14-11-21(12-15-23)25(29)26-17-24(28(3)4)20-8-6-5-7-9-20/h5-16,24,27H,17H2,1-4H3,(H,26,29). The van der Waals surface area contributed by atoms with Crippen LogP contribution >= 0.6 is 0 Å². The van der Waals surface area contributed by atoms with Gasteiger partial charge in [-0.15, -0.1) is 0 Å². The van der Waals surface area contributed by atoms with Crippen molar-refractivity contribution < 1.29 is 13.2 Å². The molecule has 2 N–H and O–H groups in total. The maximum atomic E-state index is 12.7. The number of benzene rings is 3. The van der Waals surface area contributed by atoms with Crippen molar-refractivity contribution in [2.24, 2.45) is 0 Å². The predicted molar refractivity (Wildman–Crippen MR) is 128 cm³/mol. The minimum Gasteiger partial charge on any atom is -0.350 e. The Bertz CT molecular complexity index is 1170. The Morgan fingerprint density at radius 2 is 1.56 bits per heavy atom. The maximum absolute atomic E-state index is 12.7. The third-order valence-electron chi connectivity index (χ3n) is 5.45. The van der Waals surface area contributed by atoms with Gasteiger partial charge >= 0.3 is 0 Å². The molecule has 0 aliphatic rings. The van der Waals surface area contributed by atoms with E-state index in [1.807, 2.05) is 69.2 Å². The zero-order valence-electron chi connectivity index (χ0n) is 18.8. The summed E-state index contributed by atoms with van der Waals surface area (Å²) in [6.07, 6.45) is 0. The number of carbonyl (C=O) groups excluding carboxylic acids is 1. The molecule has 0 radical (unpaired) electrons. The SMILES string of the molecule is Cc1ccc(NS(=O)(=O)c2ccc(C(=O)NCC(c3ccccc3)N(C)C)cc2)cc1C. The molecule has 0 bridgehead atoms. The second-order valence-corrected chi connectivity index (χ2v) is 9.71. The number of nitrogens with one attached hydrogen (secondary N) is 2. The third kappa shape index (κ3) is 5.75. The average molecular weight is 452 g/mol. The smallest absolute Gasteiger partial charge is 0.261 e. The van der Waals surface area contributed by atoms with Crippen molar-refractivity contribution in [2.75, 3.05) is 25.4 Å². The molecule has 0 fully saturated rings. The largest absolute Gasteiger partial charge is 0.350 e. The lowest BCUT2D eigenvalue weighted by molar-refractivity contribution is 0.0942. The van der Waals surface area contributed by atoms with Gasteiger partial charge in [-0.05, 0) is 81.0 Å². The highest BCUT2D eigenvalue weighted by molar-refractivity contribution is 7.92. The predicted octanol–water partition coefficient (Wildman–Crippen LogP) is 4.14. The van der Waals surface area contributed by atoms with Crippen LogP contribution in [-0.4, -0.2) is 39.9 Å². The zero-order valence-corrected chi connectivity index (χ0v) is 19.6. The van der Waals surface area contributed by atoms with E-state index in [2.05, 4.69) is 10.0 Å². The summed E-state index contributed by atoms with van der Waals surface area (Å²) < 4.78 is 28.0. The highest BCUT2D eigenvalue weighted by atomic mass is 32.2. The Labute approximate surface area is 190 Å². The number of aryl methyl sites for hydroxylation is 2. The summed E-state index contributed by atoms with van der Waals surface area (Å²) in [5.41, 5.74) is 4.11. The van der Waals surface area contributed by atoms with Gasteiger partial charge in [0, 0.05) is 17.8 Å². The third-order valence-corrected chi connectivity index (χ3v) is 6.85. The van der Waals surface area contributed by atoms with Crippen LogP contribution in [0.4, 0.5) is 5.69 Å². The van der Waals surface area contributed by atoms with Crippen LogP contribution in [0.25, 0.3) is 0 Å². The molecule has 32 heavy (non-hydrogen) atoms. The van der Waals surface area contributed by atoms with Crippen molar-refractivity contribution >= 4 is 21.6 Å². The van der Waals surface area contributed by atoms with E-state index in [1.165, 1.54) is 24.3 Å². The highest BCUT2D eigenvalue weighted by Crippen LogP contribution is 2.20. The summed E-state index contributed by atoms with van der Waals surface area (Å²) in [7, 11) is 0.182. The Kier molecular flexibility index (Phi) is 7.33. The van der Waals surface area contributed by atoms with E-state index in [0.29, 0.717) is 17.8 Å². The highest BCUT2D eigenvalue weighted by Gasteiger charge is 2.18. The molecule has 0 aromatic heterocycles. The summed E-state index contributed by atoms with van der Waals surface area (Å²) in [6.45, 7) is 4.33. The summed E-state index contributed by atoms with van der Waals surface area (Å²) >= 11 is 0. The molecule has 3 rings (SSSR count). The molecule has 0 aliphatic carbocycles. The number of hydrogen-bond acceptors (Lipinski definition) is 4. The number of carbonyl (C=O) groups is 1. The van der Waals surface area contributed by atoms with Gasteiger partial charge in [0.2, 0.25) is 0 Å². The molecule has 0 spiro atoms. The molecule has 7 heteroatoms. The molecule has 168 valence electrons. The molecule has 0 heterocycles. The number of nitrogens with zero attached hydrogens (tertiary/aromatic N) is 1. The van der Waals surface area contributed by atoms with Crippen molar-refractivity contribution in [3.05, 3.63) is 95.1 Å². The molecule has 1 unspecified atom stereocenters. The summed E-state index contributed by atoms with van der Waals surface area (Å²) in [5.74, 6) is -0.251. The minimum absolute atomic E-state index is 0.0296. The summed E-state index contributed by atoms with van der Waals surface area (Å²) in [4.78, 5) is 14.8. The van der Waals surface area contributed by atoms with E-state index >= 15 is 0 Å². The topological polar surface area (TPSA) is 78.5 Å². The first-order valence-corrected chi connectivity index (χ1v) is 11.9. The summed E-state index contributed by atoms with van der Waals surface area (Å²) in [5, 5.41) is 2.94. The molecule has 0 saturated heterocycles. The van der Waals surface area contributed by atoms with Crippen molar-refractivity contribution in [3.63, 3.8) is 0 Å². The van der Waals surface area contributed by atoms with Crippen molar-refractivity contribution in [1.29, 1.82) is 0 Å². The van der Waals surface area contributed by atoms with Gasteiger partial charge in [0.1, 0.15) is 0 Å². The van der Waals surface area contributed by atoms with Gasteiger partial charge < -0.3 is 10.2 Å². The van der Waals surface area contributed by atoms with E-state index in [0.717, 1.165) is 16.7 Å². The fourth-order valence-corrected chi connectivity index (χ4v) is 4.42. The number of anilines is 1.